The highest BCUT2D eigenvalue weighted by atomic mass is 16.2. The Balaban J connectivity index is 1.21. The molecule has 1 saturated heterocycles. The predicted molar refractivity (Wildman–Crippen MR) is 119 cm³/mol. The first-order valence-electron chi connectivity index (χ1n) is 10.3. The van der Waals surface area contributed by atoms with E-state index < -0.39 is 0 Å². The summed E-state index contributed by atoms with van der Waals surface area (Å²) < 4.78 is 1.82. The van der Waals surface area contributed by atoms with Crippen LogP contribution in [0.2, 0.25) is 0 Å². The molecule has 2 aromatic heterocycles. The molecule has 0 aliphatic carbocycles. The number of hydrogen-bond acceptors (Lipinski definition) is 5. The molecule has 0 N–H and O–H groups in total. The Morgan fingerprint density at radius 2 is 1.42 bits per heavy atom. The maximum absolute atomic E-state index is 12.9. The number of hydrogen-bond donors (Lipinski definition) is 0. The van der Waals surface area contributed by atoms with Crippen LogP contribution in [0.15, 0.2) is 85.5 Å². The lowest BCUT2D eigenvalue weighted by molar-refractivity contribution is 0.0746. The van der Waals surface area contributed by atoms with Crippen molar-refractivity contribution in [3.8, 4) is 16.9 Å². The molecule has 31 heavy (non-hydrogen) atoms. The molecule has 2 aromatic carbocycles. The van der Waals surface area contributed by atoms with Crippen LogP contribution < -0.4 is 4.90 Å². The molecular formula is C24H22N6O. The van der Waals surface area contributed by atoms with Crippen LogP contribution in [0.3, 0.4) is 0 Å². The van der Waals surface area contributed by atoms with Crippen LogP contribution in [0.1, 0.15) is 10.4 Å². The standard InChI is InChI=1S/C24H22N6O/c31-24(21-8-6-20(7-9-21)19-4-2-1-3-5-19)29-16-14-28(15-17-29)22-10-11-23(27-26-22)30-13-12-25-18-30/h1-13,18H,14-17H2. The highest BCUT2D eigenvalue weighted by Crippen LogP contribution is 2.21. The second-order valence-electron chi connectivity index (χ2n) is 7.44. The van der Waals surface area contributed by atoms with E-state index in [2.05, 4.69) is 32.2 Å². The summed E-state index contributed by atoms with van der Waals surface area (Å²) in [5.74, 6) is 1.62. The third-order valence-electron chi connectivity index (χ3n) is 5.54. The molecule has 0 bridgehead atoms. The monoisotopic (exact) mass is 410 g/mol. The number of piperazine rings is 1. The van der Waals surface area contributed by atoms with Crippen molar-refractivity contribution in [3.63, 3.8) is 0 Å². The number of aromatic nitrogens is 4. The van der Waals surface area contributed by atoms with E-state index in [1.807, 2.05) is 70.3 Å². The van der Waals surface area contributed by atoms with Gasteiger partial charge in [0, 0.05) is 44.1 Å². The lowest BCUT2D eigenvalue weighted by Crippen LogP contribution is -2.49. The lowest BCUT2D eigenvalue weighted by atomic mass is 10.0. The summed E-state index contributed by atoms with van der Waals surface area (Å²) in [6, 6.07) is 21.9. The van der Waals surface area contributed by atoms with E-state index in [0.29, 0.717) is 13.1 Å². The second-order valence-corrected chi connectivity index (χ2v) is 7.44. The SMILES string of the molecule is O=C(c1ccc(-c2ccccc2)cc1)N1CCN(c2ccc(-n3ccnc3)nn2)CC1. The van der Waals surface area contributed by atoms with Crippen LogP contribution in [0.25, 0.3) is 16.9 Å². The molecule has 4 aromatic rings. The molecule has 0 radical (unpaired) electrons. The third kappa shape index (κ3) is 4.02. The van der Waals surface area contributed by atoms with Gasteiger partial charge in [-0.15, -0.1) is 10.2 Å². The second kappa shape index (κ2) is 8.39. The van der Waals surface area contributed by atoms with E-state index in [4.69, 9.17) is 0 Å². The van der Waals surface area contributed by atoms with Gasteiger partial charge in [-0.2, -0.15) is 0 Å². The van der Waals surface area contributed by atoms with E-state index in [-0.39, 0.29) is 5.91 Å². The molecule has 154 valence electrons. The molecule has 1 amide bonds. The zero-order valence-corrected chi connectivity index (χ0v) is 17.0. The summed E-state index contributed by atoms with van der Waals surface area (Å²) in [4.78, 5) is 21.0. The molecule has 1 fully saturated rings. The van der Waals surface area contributed by atoms with Crippen molar-refractivity contribution in [2.24, 2.45) is 0 Å². The Morgan fingerprint density at radius 3 is 2.06 bits per heavy atom. The first kappa shape index (κ1) is 19.0. The van der Waals surface area contributed by atoms with Gasteiger partial charge in [0.15, 0.2) is 11.6 Å². The maximum atomic E-state index is 12.9. The molecule has 1 aliphatic rings. The van der Waals surface area contributed by atoms with E-state index >= 15 is 0 Å². The normalized spacial score (nSPS) is 13.9. The molecule has 0 atom stereocenters. The Hall–Kier alpha value is -4.00. The van der Waals surface area contributed by atoms with Crippen molar-refractivity contribution in [1.29, 1.82) is 0 Å². The van der Waals surface area contributed by atoms with Crippen molar-refractivity contribution in [2.45, 2.75) is 0 Å². The average Bonchev–Trinajstić information content (AvgIpc) is 3.40. The summed E-state index contributed by atoms with van der Waals surface area (Å²) in [6.07, 6.45) is 5.24. The number of nitrogens with zero attached hydrogens (tertiary/aromatic N) is 6. The highest BCUT2D eigenvalue weighted by molar-refractivity contribution is 5.94. The highest BCUT2D eigenvalue weighted by Gasteiger charge is 2.23. The zero-order chi connectivity index (χ0) is 21.0. The molecule has 1 aliphatic heterocycles. The summed E-state index contributed by atoms with van der Waals surface area (Å²) in [6.45, 7) is 2.77. The van der Waals surface area contributed by atoms with Gasteiger partial charge < -0.3 is 9.80 Å². The number of amides is 1. The van der Waals surface area contributed by atoms with Gasteiger partial charge in [0.05, 0.1) is 0 Å². The number of anilines is 1. The zero-order valence-electron chi connectivity index (χ0n) is 17.0. The van der Waals surface area contributed by atoms with Crippen molar-refractivity contribution in [2.75, 3.05) is 31.1 Å². The number of carbonyl (C=O) groups is 1. The van der Waals surface area contributed by atoms with E-state index in [9.17, 15) is 4.79 Å². The van der Waals surface area contributed by atoms with Crippen LogP contribution in [0.5, 0.6) is 0 Å². The fourth-order valence-electron chi connectivity index (χ4n) is 3.78. The van der Waals surface area contributed by atoms with Gasteiger partial charge in [0.2, 0.25) is 0 Å². The first-order chi connectivity index (χ1) is 15.3. The molecule has 0 saturated carbocycles. The van der Waals surface area contributed by atoms with E-state index in [1.54, 1.807) is 12.5 Å². The van der Waals surface area contributed by atoms with Crippen molar-refractivity contribution in [1.82, 2.24) is 24.6 Å². The summed E-state index contributed by atoms with van der Waals surface area (Å²) in [7, 11) is 0. The minimum Gasteiger partial charge on any atom is -0.352 e. The average molecular weight is 410 g/mol. The van der Waals surface area contributed by atoms with Gasteiger partial charge >= 0.3 is 0 Å². The maximum Gasteiger partial charge on any atom is 0.253 e. The quantitative estimate of drug-likeness (QED) is 0.517. The number of imidazole rings is 1. The fourth-order valence-corrected chi connectivity index (χ4v) is 3.78. The van der Waals surface area contributed by atoms with Gasteiger partial charge in [-0.25, -0.2) is 4.98 Å². The van der Waals surface area contributed by atoms with Gasteiger partial charge in [-0.3, -0.25) is 9.36 Å². The molecule has 7 nitrogen and oxygen atoms in total. The minimum atomic E-state index is 0.0702. The number of rotatable bonds is 4. The molecular weight excluding hydrogens is 388 g/mol. The molecule has 3 heterocycles. The minimum absolute atomic E-state index is 0.0702. The summed E-state index contributed by atoms with van der Waals surface area (Å²) >= 11 is 0. The van der Waals surface area contributed by atoms with E-state index in [1.165, 1.54) is 0 Å². The summed E-state index contributed by atoms with van der Waals surface area (Å²) in [5, 5.41) is 8.63. The Kier molecular flexibility index (Phi) is 5.14. The van der Waals surface area contributed by atoms with Gasteiger partial charge in [-0.1, -0.05) is 42.5 Å². The predicted octanol–water partition coefficient (Wildman–Crippen LogP) is 3.29. The first-order valence-corrected chi connectivity index (χ1v) is 10.3. The van der Waals surface area contributed by atoms with Crippen LogP contribution in [-0.4, -0.2) is 56.7 Å². The Bertz CT molecular complexity index is 1130. The van der Waals surface area contributed by atoms with Crippen molar-refractivity contribution >= 4 is 11.7 Å². The molecule has 5 rings (SSSR count). The fraction of sp³-hybridized carbons (Fsp3) is 0.167. The molecule has 0 unspecified atom stereocenters. The van der Waals surface area contributed by atoms with Crippen molar-refractivity contribution in [3.05, 3.63) is 91.0 Å². The number of benzene rings is 2. The largest absolute Gasteiger partial charge is 0.352 e. The Labute approximate surface area is 180 Å². The Morgan fingerprint density at radius 1 is 0.742 bits per heavy atom. The molecule has 7 heteroatoms. The van der Waals surface area contributed by atoms with E-state index in [0.717, 1.165) is 41.4 Å². The van der Waals surface area contributed by atoms with Gasteiger partial charge in [0.25, 0.3) is 5.91 Å². The summed E-state index contributed by atoms with van der Waals surface area (Å²) in [5.41, 5.74) is 2.98. The van der Waals surface area contributed by atoms with Crippen LogP contribution >= 0.6 is 0 Å². The molecule has 0 spiro atoms. The van der Waals surface area contributed by atoms with Crippen LogP contribution in [0, 0.1) is 0 Å². The third-order valence-corrected chi connectivity index (χ3v) is 5.54. The smallest absolute Gasteiger partial charge is 0.253 e. The van der Waals surface area contributed by atoms with Crippen LogP contribution in [-0.2, 0) is 0 Å². The van der Waals surface area contributed by atoms with Crippen molar-refractivity contribution < 1.29 is 4.79 Å². The van der Waals surface area contributed by atoms with Gasteiger partial charge in [0.1, 0.15) is 6.33 Å². The number of carbonyl (C=O) groups excluding carboxylic acids is 1. The van der Waals surface area contributed by atoms with Gasteiger partial charge in [-0.05, 0) is 35.4 Å². The van der Waals surface area contributed by atoms with Crippen LogP contribution in [0.4, 0.5) is 5.82 Å². The lowest BCUT2D eigenvalue weighted by Gasteiger charge is -2.35. The topological polar surface area (TPSA) is 67.2 Å².